The Morgan fingerprint density at radius 2 is 1.55 bits per heavy atom. The standard InChI is InChI=1S/C17H25N7O5/c1-9(23-13(16(26)27)4-11-6-20-8-22-11)14(17(28)29)24-15(25)12(18-2)3-10-5-19-7-21-10/h5-9,12-14,18,23H,3-4H2,1-2H3,(H,19,21)(H,20,22)(H,24,25)(H,26,27)(H,28,29)/t9-,12+,13+,14+/m1/s1. The number of carbonyl (C=O) groups is 3. The quantitative estimate of drug-likeness (QED) is 0.220. The van der Waals surface area contributed by atoms with Crippen molar-refractivity contribution in [2.24, 2.45) is 0 Å². The second kappa shape index (κ2) is 10.3. The largest absolute Gasteiger partial charge is 0.480 e. The molecule has 0 unspecified atom stereocenters. The number of amides is 1. The van der Waals surface area contributed by atoms with E-state index < -0.39 is 42.0 Å². The first-order valence-corrected chi connectivity index (χ1v) is 8.95. The first-order valence-electron chi connectivity index (χ1n) is 8.95. The molecule has 2 aromatic rings. The van der Waals surface area contributed by atoms with Crippen LogP contribution in [-0.2, 0) is 27.2 Å². The first-order chi connectivity index (χ1) is 13.8. The number of aromatic amines is 2. The van der Waals surface area contributed by atoms with Crippen LogP contribution in [0.5, 0.6) is 0 Å². The van der Waals surface area contributed by atoms with Gasteiger partial charge < -0.3 is 30.8 Å². The van der Waals surface area contributed by atoms with Crippen LogP contribution in [0.2, 0.25) is 0 Å². The molecule has 0 radical (unpaired) electrons. The Morgan fingerprint density at radius 3 is 1.97 bits per heavy atom. The van der Waals surface area contributed by atoms with Crippen LogP contribution in [-0.4, -0.2) is 79.2 Å². The van der Waals surface area contributed by atoms with Crippen molar-refractivity contribution in [3.05, 3.63) is 36.4 Å². The summed E-state index contributed by atoms with van der Waals surface area (Å²) < 4.78 is 0. The van der Waals surface area contributed by atoms with Gasteiger partial charge in [-0.05, 0) is 14.0 Å². The summed E-state index contributed by atoms with van der Waals surface area (Å²) in [5, 5.41) is 27.1. The molecule has 2 heterocycles. The van der Waals surface area contributed by atoms with Crippen LogP contribution >= 0.6 is 0 Å². The SMILES string of the molecule is CN[C@@H](Cc1cnc[nH]1)C(=O)N[C@H](C(=O)O)[C@@H](C)N[C@@H](Cc1cnc[nH]1)C(=O)O. The number of nitrogens with zero attached hydrogens (tertiary/aromatic N) is 2. The van der Waals surface area contributed by atoms with E-state index in [2.05, 4.69) is 35.9 Å². The Balaban J connectivity index is 2.03. The topological polar surface area (TPSA) is 185 Å². The van der Waals surface area contributed by atoms with Crippen LogP contribution in [0.25, 0.3) is 0 Å². The lowest BCUT2D eigenvalue weighted by atomic mass is 10.0. The van der Waals surface area contributed by atoms with Gasteiger partial charge in [-0.1, -0.05) is 0 Å². The van der Waals surface area contributed by atoms with Crippen LogP contribution in [0, 0.1) is 0 Å². The fraction of sp³-hybridized carbons (Fsp3) is 0.471. The average molecular weight is 407 g/mol. The van der Waals surface area contributed by atoms with Crippen molar-refractivity contribution in [1.82, 2.24) is 35.9 Å². The predicted molar refractivity (Wildman–Crippen MR) is 101 cm³/mol. The summed E-state index contributed by atoms with van der Waals surface area (Å²) in [5.41, 5.74) is 1.30. The monoisotopic (exact) mass is 407 g/mol. The Hall–Kier alpha value is -3.25. The molecule has 12 heteroatoms. The molecule has 0 spiro atoms. The van der Waals surface area contributed by atoms with E-state index in [1.165, 1.54) is 25.8 Å². The number of aliphatic carboxylic acids is 2. The van der Waals surface area contributed by atoms with E-state index in [-0.39, 0.29) is 12.8 Å². The maximum atomic E-state index is 12.6. The smallest absolute Gasteiger partial charge is 0.327 e. The maximum Gasteiger partial charge on any atom is 0.327 e. The van der Waals surface area contributed by atoms with Gasteiger partial charge in [-0.15, -0.1) is 0 Å². The summed E-state index contributed by atoms with van der Waals surface area (Å²) >= 11 is 0. The molecule has 0 bridgehead atoms. The van der Waals surface area contributed by atoms with Gasteiger partial charge in [-0.2, -0.15) is 0 Å². The zero-order valence-electron chi connectivity index (χ0n) is 16.0. The van der Waals surface area contributed by atoms with Crippen molar-refractivity contribution in [2.75, 3.05) is 7.05 Å². The summed E-state index contributed by atoms with van der Waals surface area (Å²) in [6, 6.07) is -3.94. The molecule has 0 saturated heterocycles. The third-order valence-electron chi connectivity index (χ3n) is 4.45. The second-order valence-corrected chi connectivity index (χ2v) is 6.57. The number of H-pyrrole nitrogens is 2. The molecule has 0 aliphatic rings. The zero-order valence-corrected chi connectivity index (χ0v) is 16.0. The predicted octanol–water partition coefficient (Wildman–Crippen LogP) is -1.49. The van der Waals surface area contributed by atoms with Crippen LogP contribution in [0.3, 0.4) is 0 Å². The molecule has 7 N–H and O–H groups in total. The van der Waals surface area contributed by atoms with Crippen LogP contribution in [0.15, 0.2) is 25.0 Å². The highest BCUT2D eigenvalue weighted by atomic mass is 16.4. The van der Waals surface area contributed by atoms with Crippen LogP contribution in [0.4, 0.5) is 0 Å². The third-order valence-corrected chi connectivity index (χ3v) is 4.45. The molecule has 0 aliphatic carbocycles. The van der Waals surface area contributed by atoms with Gasteiger partial charge in [0.2, 0.25) is 5.91 Å². The van der Waals surface area contributed by atoms with Gasteiger partial charge in [0, 0.05) is 42.7 Å². The van der Waals surface area contributed by atoms with Gasteiger partial charge in [0.05, 0.1) is 18.7 Å². The summed E-state index contributed by atoms with van der Waals surface area (Å²) in [7, 11) is 1.59. The molecular formula is C17H25N7O5. The van der Waals surface area contributed by atoms with Gasteiger partial charge in [-0.25, -0.2) is 14.8 Å². The number of hydrogen-bond donors (Lipinski definition) is 7. The Bertz CT molecular complexity index is 793. The number of likely N-dealkylation sites (N-methyl/N-ethyl adjacent to an activating group) is 1. The lowest BCUT2D eigenvalue weighted by Crippen LogP contribution is -2.59. The van der Waals surface area contributed by atoms with E-state index in [9.17, 15) is 24.6 Å². The molecule has 2 rings (SSSR count). The van der Waals surface area contributed by atoms with E-state index in [1.807, 2.05) is 0 Å². The lowest BCUT2D eigenvalue weighted by Gasteiger charge is -2.27. The van der Waals surface area contributed by atoms with Gasteiger partial charge in [0.1, 0.15) is 12.1 Å². The van der Waals surface area contributed by atoms with E-state index >= 15 is 0 Å². The maximum absolute atomic E-state index is 12.6. The summed E-state index contributed by atoms with van der Waals surface area (Å²) in [4.78, 5) is 49.2. The van der Waals surface area contributed by atoms with Crippen molar-refractivity contribution in [3.8, 4) is 0 Å². The Kier molecular flexibility index (Phi) is 7.86. The van der Waals surface area contributed by atoms with Gasteiger partial charge in [0.25, 0.3) is 0 Å². The van der Waals surface area contributed by atoms with Crippen LogP contribution < -0.4 is 16.0 Å². The Morgan fingerprint density at radius 1 is 1.00 bits per heavy atom. The highest BCUT2D eigenvalue weighted by molar-refractivity contribution is 5.87. The van der Waals surface area contributed by atoms with Crippen molar-refractivity contribution in [3.63, 3.8) is 0 Å². The molecular weight excluding hydrogens is 382 g/mol. The molecule has 158 valence electrons. The van der Waals surface area contributed by atoms with Crippen molar-refractivity contribution >= 4 is 17.8 Å². The van der Waals surface area contributed by atoms with Crippen molar-refractivity contribution < 1.29 is 24.6 Å². The van der Waals surface area contributed by atoms with E-state index in [0.717, 1.165) is 0 Å². The summed E-state index contributed by atoms with van der Waals surface area (Å²) in [6.45, 7) is 1.51. The van der Waals surface area contributed by atoms with Gasteiger partial charge in [0.15, 0.2) is 0 Å². The minimum atomic E-state index is -1.33. The van der Waals surface area contributed by atoms with E-state index in [1.54, 1.807) is 13.2 Å². The number of imidazole rings is 2. The number of carboxylic acids is 2. The molecule has 4 atom stereocenters. The fourth-order valence-electron chi connectivity index (χ4n) is 2.84. The highest BCUT2D eigenvalue weighted by Crippen LogP contribution is 2.05. The summed E-state index contributed by atoms with van der Waals surface area (Å²) in [5.74, 6) is -2.95. The molecule has 0 aromatic carbocycles. The molecule has 12 nitrogen and oxygen atoms in total. The fourth-order valence-corrected chi connectivity index (χ4v) is 2.84. The molecule has 2 aromatic heterocycles. The number of carboxylic acid groups (broad SMARTS) is 2. The molecule has 1 amide bonds. The number of rotatable bonds is 12. The summed E-state index contributed by atoms with van der Waals surface area (Å²) in [6.07, 6.45) is 6.34. The second-order valence-electron chi connectivity index (χ2n) is 6.57. The number of nitrogens with one attached hydrogen (secondary N) is 5. The first kappa shape index (κ1) is 22.0. The molecule has 0 aliphatic heterocycles. The number of aromatic nitrogens is 4. The highest BCUT2D eigenvalue weighted by Gasteiger charge is 2.32. The number of hydrogen-bond acceptors (Lipinski definition) is 7. The average Bonchev–Trinajstić information content (AvgIpc) is 3.36. The molecule has 0 saturated carbocycles. The Labute approximate surface area is 166 Å². The van der Waals surface area contributed by atoms with Crippen molar-refractivity contribution in [1.29, 1.82) is 0 Å². The van der Waals surface area contributed by atoms with Crippen molar-refractivity contribution in [2.45, 2.75) is 43.9 Å². The van der Waals surface area contributed by atoms with Gasteiger partial charge >= 0.3 is 11.9 Å². The molecule has 0 fully saturated rings. The molecule has 29 heavy (non-hydrogen) atoms. The van der Waals surface area contributed by atoms with E-state index in [0.29, 0.717) is 11.4 Å². The normalized spacial score (nSPS) is 15.2. The van der Waals surface area contributed by atoms with E-state index in [4.69, 9.17) is 0 Å². The lowest BCUT2D eigenvalue weighted by molar-refractivity contribution is -0.144. The number of carbonyl (C=O) groups excluding carboxylic acids is 1. The minimum Gasteiger partial charge on any atom is -0.480 e. The third kappa shape index (κ3) is 6.40. The van der Waals surface area contributed by atoms with Gasteiger partial charge in [-0.3, -0.25) is 14.9 Å². The minimum absolute atomic E-state index is 0.0823. The van der Waals surface area contributed by atoms with Crippen LogP contribution in [0.1, 0.15) is 18.3 Å². The zero-order chi connectivity index (χ0) is 21.4.